The molecule has 0 spiro atoms. The Kier molecular flexibility index (Phi) is 3.63. The second-order valence-corrected chi connectivity index (χ2v) is 4.37. The van der Waals surface area contributed by atoms with E-state index in [2.05, 4.69) is 41.3 Å². The van der Waals surface area contributed by atoms with Crippen LogP contribution in [0.4, 0.5) is 5.69 Å². The van der Waals surface area contributed by atoms with Gasteiger partial charge in [0.1, 0.15) is 5.69 Å². The maximum atomic E-state index is 3.84. The normalized spacial score (nSPS) is 10.0. The van der Waals surface area contributed by atoms with Crippen molar-refractivity contribution in [2.45, 2.75) is 19.9 Å². The molecule has 0 aliphatic rings. The Morgan fingerprint density at radius 1 is 1.28 bits per heavy atom. The number of benzene rings is 1. The Balaban J connectivity index is 2.20. The summed E-state index contributed by atoms with van der Waals surface area (Å²) in [5, 5.41) is 11.0. The number of nitrogens with one attached hydrogen (secondary N) is 1. The first-order valence-corrected chi connectivity index (χ1v) is 5.88. The van der Waals surface area contributed by atoms with Gasteiger partial charge in [-0.2, -0.15) is 0 Å². The van der Waals surface area contributed by atoms with E-state index in [0.29, 0.717) is 6.04 Å². The molecule has 0 unspecified atom stereocenters. The lowest BCUT2D eigenvalue weighted by atomic mass is 10.2. The summed E-state index contributed by atoms with van der Waals surface area (Å²) in [6.45, 7) is 4.22. The van der Waals surface area contributed by atoms with E-state index in [9.17, 15) is 0 Å². The van der Waals surface area contributed by atoms with Crippen molar-refractivity contribution in [2.24, 2.45) is 7.05 Å². The van der Waals surface area contributed by atoms with Gasteiger partial charge in [-0.05, 0) is 38.0 Å². The molecular weight excluding hydrogens is 224 g/mol. The second kappa shape index (κ2) is 5.37. The van der Waals surface area contributed by atoms with Crippen molar-refractivity contribution in [1.29, 1.82) is 0 Å². The Morgan fingerprint density at radius 3 is 2.78 bits per heavy atom. The van der Waals surface area contributed by atoms with Crippen LogP contribution < -0.4 is 5.32 Å². The van der Waals surface area contributed by atoms with Gasteiger partial charge in [0.25, 0.3) is 0 Å². The van der Waals surface area contributed by atoms with Gasteiger partial charge in [0.2, 0.25) is 0 Å². The van der Waals surface area contributed by atoms with Gasteiger partial charge in [-0.3, -0.25) is 0 Å². The number of nitrogens with zero attached hydrogens (tertiary/aromatic N) is 3. The average Bonchev–Trinajstić information content (AvgIpc) is 2.72. The number of aromatic nitrogens is 3. The minimum absolute atomic E-state index is 0.412. The fourth-order valence-electron chi connectivity index (χ4n) is 1.56. The third-order valence-corrected chi connectivity index (χ3v) is 2.37. The van der Waals surface area contributed by atoms with E-state index in [1.807, 2.05) is 31.3 Å². The van der Waals surface area contributed by atoms with E-state index in [0.717, 1.165) is 16.9 Å². The van der Waals surface area contributed by atoms with E-state index in [4.69, 9.17) is 0 Å². The van der Waals surface area contributed by atoms with Crippen molar-refractivity contribution >= 4 is 5.69 Å². The van der Waals surface area contributed by atoms with Gasteiger partial charge in [0.05, 0.1) is 6.20 Å². The Bertz CT molecular complexity index is 587. The first-order valence-electron chi connectivity index (χ1n) is 5.88. The summed E-state index contributed by atoms with van der Waals surface area (Å²) >= 11 is 0. The van der Waals surface area contributed by atoms with Gasteiger partial charge < -0.3 is 5.32 Å². The predicted molar refractivity (Wildman–Crippen MR) is 72.2 cm³/mol. The molecule has 1 heterocycles. The van der Waals surface area contributed by atoms with Gasteiger partial charge in [-0.1, -0.05) is 17.2 Å². The van der Waals surface area contributed by atoms with Crippen molar-refractivity contribution in [2.75, 3.05) is 5.32 Å². The van der Waals surface area contributed by atoms with Crippen molar-refractivity contribution in [1.82, 2.24) is 15.0 Å². The van der Waals surface area contributed by atoms with Crippen molar-refractivity contribution in [3.8, 4) is 11.8 Å². The first kappa shape index (κ1) is 12.2. The summed E-state index contributed by atoms with van der Waals surface area (Å²) in [6.07, 6.45) is 1.66. The lowest BCUT2D eigenvalue weighted by molar-refractivity contribution is 0.708. The second-order valence-electron chi connectivity index (χ2n) is 4.37. The van der Waals surface area contributed by atoms with Crippen LogP contribution in [0.2, 0.25) is 0 Å². The summed E-state index contributed by atoms with van der Waals surface area (Å²) in [6, 6.07) is 8.47. The summed E-state index contributed by atoms with van der Waals surface area (Å²) in [5.74, 6) is 6.16. The maximum Gasteiger partial charge on any atom is 0.131 e. The summed E-state index contributed by atoms with van der Waals surface area (Å²) in [5.41, 5.74) is 2.86. The van der Waals surface area contributed by atoms with Gasteiger partial charge in [-0.15, -0.1) is 5.10 Å². The van der Waals surface area contributed by atoms with Crippen LogP contribution in [0, 0.1) is 11.8 Å². The van der Waals surface area contributed by atoms with Crippen LogP contribution in [0.1, 0.15) is 25.1 Å². The van der Waals surface area contributed by atoms with Crippen LogP contribution >= 0.6 is 0 Å². The van der Waals surface area contributed by atoms with Crippen LogP contribution in [0.5, 0.6) is 0 Å². The smallest absolute Gasteiger partial charge is 0.131 e. The van der Waals surface area contributed by atoms with Crippen molar-refractivity contribution < 1.29 is 0 Å². The van der Waals surface area contributed by atoms with Gasteiger partial charge >= 0.3 is 0 Å². The fourth-order valence-corrected chi connectivity index (χ4v) is 1.56. The summed E-state index contributed by atoms with van der Waals surface area (Å²) in [4.78, 5) is 0. The average molecular weight is 240 g/mol. The molecule has 4 heteroatoms. The number of hydrogen-bond donors (Lipinski definition) is 1. The van der Waals surface area contributed by atoms with Crippen molar-refractivity contribution in [3.63, 3.8) is 0 Å². The fraction of sp³-hybridized carbons (Fsp3) is 0.286. The molecule has 0 fully saturated rings. The lowest BCUT2D eigenvalue weighted by Gasteiger charge is -2.09. The SMILES string of the molecule is CC(C)Nc1cccc(C#Cc2cnnn2C)c1. The molecule has 4 nitrogen and oxygen atoms in total. The minimum Gasteiger partial charge on any atom is -0.383 e. The highest BCUT2D eigenvalue weighted by molar-refractivity contribution is 5.51. The number of aryl methyl sites for hydroxylation is 1. The van der Waals surface area contributed by atoms with Gasteiger partial charge in [0.15, 0.2) is 0 Å². The molecule has 1 N–H and O–H groups in total. The van der Waals surface area contributed by atoms with E-state index >= 15 is 0 Å². The number of rotatable bonds is 2. The van der Waals surface area contributed by atoms with Crippen molar-refractivity contribution in [3.05, 3.63) is 41.7 Å². The molecule has 2 rings (SSSR count). The molecule has 0 aliphatic heterocycles. The maximum absolute atomic E-state index is 3.84. The van der Waals surface area contributed by atoms with Crippen LogP contribution in [0.15, 0.2) is 30.5 Å². The van der Waals surface area contributed by atoms with Crippen LogP contribution in [0.25, 0.3) is 0 Å². The summed E-state index contributed by atoms with van der Waals surface area (Å²) < 4.78 is 1.66. The largest absolute Gasteiger partial charge is 0.383 e. The van der Waals surface area contributed by atoms with Gasteiger partial charge in [0, 0.05) is 24.3 Å². The number of hydrogen-bond acceptors (Lipinski definition) is 3. The topological polar surface area (TPSA) is 42.7 Å². The zero-order chi connectivity index (χ0) is 13.0. The molecule has 92 valence electrons. The standard InChI is InChI=1S/C14H16N4/c1-11(2)16-13-6-4-5-12(9-13)7-8-14-10-15-17-18(14)3/h4-6,9-11,16H,1-3H3. The van der Waals surface area contributed by atoms with Crippen LogP contribution in [-0.2, 0) is 7.05 Å². The monoisotopic (exact) mass is 240 g/mol. The molecule has 0 bridgehead atoms. The lowest BCUT2D eigenvalue weighted by Crippen LogP contribution is -2.09. The van der Waals surface area contributed by atoms with E-state index in [1.165, 1.54) is 0 Å². The highest BCUT2D eigenvalue weighted by Gasteiger charge is 1.96. The molecule has 0 amide bonds. The Labute approximate surface area is 107 Å². The minimum atomic E-state index is 0.412. The quantitative estimate of drug-likeness (QED) is 0.817. The number of anilines is 1. The zero-order valence-corrected chi connectivity index (χ0v) is 10.8. The highest BCUT2D eigenvalue weighted by atomic mass is 15.4. The van der Waals surface area contributed by atoms with E-state index in [-0.39, 0.29) is 0 Å². The molecule has 1 aromatic carbocycles. The highest BCUT2D eigenvalue weighted by Crippen LogP contribution is 2.11. The Morgan fingerprint density at radius 2 is 2.11 bits per heavy atom. The predicted octanol–water partition coefficient (Wildman–Crippen LogP) is 2.04. The van der Waals surface area contributed by atoms with Crippen LogP contribution in [-0.4, -0.2) is 21.0 Å². The zero-order valence-electron chi connectivity index (χ0n) is 10.8. The molecule has 0 aliphatic carbocycles. The summed E-state index contributed by atoms with van der Waals surface area (Å²) in [7, 11) is 1.83. The molecule has 1 aromatic heterocycles. The molecule has 18 heavy (non-hydrogen) atoms. The molecule has 0 radical (unpaired) electrons. The van der Waals surface area contributed by atoms with Crippen LogP contribution in [0.3, 0.4) is 0 Å². The third kappa shape index (κ3) is 3.11. The molecular formula is C14H16N4. The van der Waals surface area contributed by atoms with E-state index < -0.39 is 0 Å². The molecule has 0 atom stereocenters. The van der Waals surface area contributed by atoms with E-state index in [1.54, 1.807) is 10.9 Å². The molecule has 2 aromatic rings. The molecule has 0 saturated carbocycles. The Hall–Kier alpha value is -2.28. The molecule has 0 saturated heterocycles. The van der Waals surface area contributed by atoms with Gasteiger partial charge in [-0.25, -0.2) is 4.68 Å². The third-order valence-electron chi connectivity index (χ3n) is 2.37. The first-order chi connectivity index (χ1) is 8.65.